The fraction of sp³-hybridized carbons (Fsp3) is 0.348. The average Bonchev–Trinajstić information content (AvgIpc) is 3.18. The van der Waals surface area contributed by atoms with Gasteiger partial charge in [-0.3, -0.25) is 4.79 Å². The third-order valence-electron chi connectivity index (χ3n) is 4.93. The Bertz CT molecular complexity index is 942. The van der Waals surface area contributed by atoms with Crippen molar-refractivity contribution in [1.29, 1.82) is 0 Å². The summed E-state index contributed by atoms with van der Waals surface area (Å²) in [5.41, 5.74) is 2.09. The standard InChI is InChI=1S/C23H28N4O2S/c1-4-17(3)18-11-13-19(14-12-18)24-22(28)16-30-23-26-25-21(27(23)5-2)15-29-20-9-7-6-8-10-20/h6-14,17H,4-5,15-16H2,1-3H3,(H,24,28)/t17-/m1/s1. The van der Waals surface area contributed by atoms with Gasteiger partial charge >= 0.3 is 0 Å². The van der Waals surface area contributed by atoms with Gasteiger partial charge in [0.15, 0.2) is 11.0 Å². The summed E-state index contributed by atoms with van der Waals surface area (Å²) in [4.78, 5) is 12.4. The Balaban J connectivity index is 1.53. The number of hydrogen-bond acceptors (Lipinski definition) is 5. The molecule has 0 saturated heterocycles. The van der Waals surface area contributed by atoms with E-state index in [1.165, 1.54) is 17.3 Å². The van der Waals surface area contributed by atoms with Crippen molar-refractivity contribution in [2.75, 3.05) is 11.1 Å². The van der Waals surface area contributed by atoms with Crippen LogP contribution in [-0.4, -0.2) is 26.4 Å². The lowest BCUT2D eigenvalue weighted by atomic mass is 9.99. The van der Waals surface area contributed by atoms with Crippen molar-refractivity contribution in [3.8, 4) is 5.75 Å². The number of benzene rings is 2. The summed E-state index contributed by atoms with van der Waals surface area (Å²) in [6.07, 6.45) is 1.10. The molecule has 3 rings (SSSR count). The van der Waals surface area contributed by atoms with Crippen LogP contribution in [0.1, 0.15) is 44.5 Å². The quantitative estimate of drug-likeness (QED) is 0.457. The van der Waals surface area contributed by atoms with Crippen LogP contribution in [0.25, 0.3) is 0 Å². The van der Waals surface area contributed by atoms with E-state index in [-0.39, 0.29) is 11.7 Å². The van der Waals surface area contributed by atoms with E-state index in [0.717, 1.165) is 23.7 Å². The minimum atomic E-state index is -0.0657. The van der Waals surface area contributed by atoms with Crippen molar-refractivity contribution in [2.45, 2.75) is 51.4 Å². The van der Waals surface area contributed by atoms with Gasteiger partial charge in [-0.15, -0.1) is 10.2 Å². The van der Waals surface area contributed by atoms with Crippen molar-refractivity contribution < 1.29 is 9.53 Å². The second-order valence-electron chi connectivity index (χ2n) is 7.01. The number of rotatable bonds is 10. The first-order chi connectivity index (χ1) is 14.6. The molecule has 30 heavy (non-hydrogen) atoms. The molecule has 0 spiro atoms. The van der Waals surface area contributed by atoms with Crippen LogP contribution in [0, 0.1) is 0 Å². The molecular formula is C23H28N4O2S. The lowest BCUT2D eigenvalue weighted by Crippen LogP contribution is -2.15. The number of hydrogen-bond donors (Lipinski definition) is 1. The number of nitrogens with zero attached hydrogens (tertiary/aromatic N) is 3. The maximum Gasteiger partial charge on any atom is 0.234 e. The van der Waals surface area contributed by atoms with Crippen molar-refractivity contribution in [2.24, 2.45) is 0 Å². The summed E-state index contributed by atoms with van der Waals surface area (Å²) in [7, 11) is 0. The number of nitrogens with one attached hydrogen (secondary N) is 1. The lowest BCUT2D eigenvalue weighted by Gasteiger charge is -2.11. The van der Waals surface area contributed by atoms with Gasteiger partial charge in [0.1, 0.15) is 12.4 Å². The van der Waals surface area contributed by atoms with Crippen LogP contribution < -0.4 is 10.1 Å². The van der Waals surface area contributed by atoms with Gasteiger partial charge in [0, 0.05) is 12.2 Å². The number of para-hydroxylation sites is 1. The van der Waals surface area contributed by atoms with E-state index in [2.05, 4.69) is 41.5 Å². The topological polar surface area (TPSA) is 69.0 Å². The lowest BCUT2D eigenvalue weighted by molar-refractivity contribution is -0.113. The van der Waals surface area contributed by atoms with E-state index in [9.17, 15) is 4.79 Å². The summed E-state index contributed by atoms with van der Waals surface area (Å²) in [5.74, 6) is 2.25. The van der Waals surface area contributed by atoms with Gasteiger partial charge in [0.2, 0.25) is 5.91 Å². The fourth-order valence-corrected chi connectivity index (χ4v) is 3.79. The predicted molar refractivity (Wildman–Crippen MR) is 121 cm³/mol. The fourth-order valence-electron chi connectivity index (χ4n) is 2.97. The summed E-state index contributed by atoms with van der Waals surface area (Å²) in [6.45, 7) is 7.44. The molecule has 1 amide bonds. The number of carbonyl (C=O) groups excluding carboxylic acids is 1. The van der Waals surface area contributed by atoms with Gasteiger partial charge in [0.25, 0.3) is 0 Å². The van der Waals surface area contributed by atoms with Crippen LogP contribution in [-0.2, 0) is 17.9 Å². The number of aromatic nitrogens is 3. The van der Waals surface area contributed by atoms with E-state index in [4.69, 9.17) is 4.74 Å². The Labute approximate surface area is 182 Å². The first kappa shape index (κ1) is 21.9. The zero-order valence-corrected chi connectivity index (χ0v) is 18.5. The molecule has 1 N–H and O–H groups in total. The van der Waals surface area contributed by atoms with Gasteiger partial charge in [0.05, 0.1) is 5.75 Å². The van der Waals surface area contributed by atoms with E-state index >= 15 is 0 Å². The van der Waals surface area contributed by atoms with Gasteiger partial charge < -0.3 is 14.6 Å². The molecule has 1 aromatic heterocycles. The first-order valence-corrected chi connectivity index (χ1v) is 11.2. The number of carbonyl (C=O) groups is 1. The van der Waals surface area contributed by atoms with Crippen LogP contribution in [0.5, 0.6) is 5.75 Å². The second-order valence-corrected chi connectivity index (χ2v) is 7.96. The highest BCUT2D eigenvalue weighted by molar-refractivity contribution is 7.99. The number of amides is 1. The maximum atomic E-state index is 12.4. The SMILES string of the molecule is CC[C@@H](C)c1ccc(NC(=O)CSc2nnc(COc3ccccc3)n2CC)cc1. The number of anilines is 1. The highest BCUT2D eigenvalue weighted by Crippen LogP contribution is 2.22. The van der Waals surface area contributed by atoms with Gasteiger partial charge in [-0.1, -0.05) is 55.9 Å². The van der Waals surface area contributed by atoms with Gasteiger partial charge in [-0.25, -0.2) is 0 Å². The summed E-state index contributed by atoms with van der Waals surface area (Å²) in [6, 6.07) is 17.7. The highest BCUT2D eigenvalue weighted by atomic mass is 32.2. The summed E-state index contributed by atoms with van der Waals surface area (Å²) in [5, 5.41) is 12.1. The normalized spacial score (nSPS) is 11.8. The molecule has 1 atom stereocenters. The minimum Gasteiger partial charge on any atom is -0.486 e. The van der Waals surface area contributed by atoms with Crippen LogP contribution >= 0.6 is 11.8 Å². The van der Waals surface area contributed by atoms with Crippen LogP contribution in [0.4, 0.5) is 5.69 Å². The molecule has 6 nitrogen and oxygen atoms in total. The molecule has 0 unspecified atom stereocenters. The molecule has 0 radical (unpaired) electrons. The average molecular weight is 425 g/mol. The molecule has 0 aliphatic heterocycles. The molecule has 7 heteroatoms. The maximum absolute atomic E-state index is 12.4. The number of thioether (sulfide) groups is 1. The van der Waals surface area contributed by atoms with E-state index in [1.54, 1.807) is 0 Å². The third-order valence-corrected chi connectivity index (χ3v) is 5.90. The molecular weight excluding hydrogens is 396 g/mol. The van der Waals surface area contributed by atoms with Crippen molar-refractivity contribution in [1.82, 2.24) is 14.8 Å². The molecule has 0 saturated carbocycles. The van der Waals surface area contributed by atoms with Crippen molar-refractivity contribution in [3.63, 3.8) is 0 Å². The van der Waals surface area contributed by atoms with Crippen LogP contribution in [0.2, 0.25) is 0 Å². The van der Waals surface area contributed by atoms with E-state index in [1.807, 2.05) is 54.0 Å². The molecule has 3 aromatic rings. The Kier molecular flexibility index (Phi) is 7.90. The second kappa shape index (κ2) is 10.8. The van der Waals surface area contributed by atoms with Crippen LogP contribution in [0.15, 0.2) is 59.8 Å². The Morgan fingerprint density at radius 2 is 1.83 bits per heavy atom. The minimum absolute atomic E-state index is 0.0657. The summed E-state index contributed by atoms with van der Waals surface area (Å²) >= 11 is 1.37. The van der Waals surface area contributed by atoms with E-state index < -0.39 is 0 Å². The first-order valence-electron chi connectivity index (χ1n) is 10.2. The molecule has 1 heterocycles. The smallest absolute Gasteiger partial charge is 0.234 e. The molecule has 2 aromatic carbocycles. The Hall–Kier alpha value is -2.80. The zero-order valence-electron chi connectivity index (χ0n) is 17.7. The molecule has 158 valence electrons. The van der Waals surface area contributed by atoms with Crippen molar-refractivity contribution >= 4 is 23.4 Å². The van der Waals surface area contributed by atoms with Crippen LogP contribution in [0.3, 0.4) is 0 Å². The van der Waals surface area contributed by atoms with Gasteiger partial charge in [-0.2, -0.15) is 0 Å². The predicted octanol–water partition coefficient (Wildman–Crippen LogP) is 5.12. The highest BCUT2D eigenvalue weighted by Gasteiger charge is 2.14. The Morgan fingerprint density at radius 1 is 1.10 bits per heavy atom. The van der Waals surface area contributed by atoms with E-state index in [0.29, 0.717) is 24.2 Å². The molecule has 0 fully saturated rings. The third kappa shape index (κ3) is 5.86. The zero-order chi connectivity index (χ0) is 21.3. The monoisotopic (exact) mass is 424 g/mol. The summed E-state index contributed by atoms with van der Waals surface area (Å²) < 4.78 is 7.75. The number of ether oxygens (including phenoxy) is 1. The van der Waals surface area contributed by atoms with Crippen molar-refractivity contribution in [3.05, 3.63) is 66.0 Å². The molecule has 0 aliphatic carbocycles. The Morgan fingerprint density at radius 3 is 2.50 bits per heavy atom. The molecule has 0 aliphatic rings. The van der Waals surface area contributed by atoms with Gasteiger partial charge in [-0.05, 0) is 49.1 Å². The molecule has 0 bridgehead atoms. The largest absolute Gasteiger partial charge is 0.486 e.